The zero-order valence-corrected chi connectivity index (χ0v) is 21.3. The molecule has 0 aliphatic carbocycles. The van der Waals surface area contributed by atoms with E-state index in [1.807, 2.05) is 56.3 Å². The monoisotopic (exact) mass is 500 g/mol. The van der Waals surface area contributed by atoms with E-state index in [2.05, 4.69) is 0 Å². The fourth-order valence-electron chi connectivity index (χ4n) is 4.52. The summed E-state index contributed by atoms with van der Waals surface area (Å²) in [4.78, 5) is 29.8. The molecule has 1 saturated heterocycles. The summed E-state index contributed by atoms with van der Waals surface area (Å²) < 4.78 is 5.95. The van der Waals surface area contributed by atoms with E-state index in [-0.39, 0.29) is 17.1 Å². The topological polar surface area (TPSA) is 90.3 Å². The van der Waals surface area contributed by atoms with Crippen molar-refractivity contribution in [2.45, 2.75) is 26.0 Å². The first-order chi connectivity index (χ1) is 17.8. The van der Waals surface area contributed by atoms with Crippen molar-refractivity contribution in [2.75, 3.05) is 27.2 Å². The van der Waals surface area contributed by atoms with Crippen LogP contribution in [-0.4, -0.2) is 58.9 Å². The van der Waals surface area contributed by atoms with Crippen molar-refractivity contribution in [2.24, 2.45) is 0 Å². The number of benzene rings is 3. The van der Waals surface area contributed by atoms with Crippen molar-refractivity contribution in [1.29, 1.82) is 0 Å². The second-order valence-electron chi connectivity index (χ2n) is 9.50. The molecule has 1 atom stereocenters. The smallest absolute Gasteiger partial charge is 0.295 e. The Hall–Kier alpha value is -4.10. The van der Waals surface area contributed by atoms with Gasteiger partial charge in [-0.3, -0.25) is 9.59 Å². The first-order valence-corrected chi connectivity index (χ1v) is 12.3. The van der Waals surface area contributed by atoms with Gasteiger partial charge in [0, 0.05) is 12.1 Å². The molecule has 0 aromatic heterocycles. The minimum atomic E-state index is -0.753. The Kier molecular flexibility index (Phi) is 7.94. The summed E-state index contributed by atoms with van der Waals surface area (Å²) in [5.74, 6) is -0.848. The quantitative estimate of drug-likeness (QED) is 0.253. The Bertz CT molecular complexity index is 1300. The number of hydrogen-bond acceptors (Lipinski definition) is 6. The average molecular weight is 501 g/mol. The molecule has 1 heterocycles. The molecule has 1 aliphatic heterocycles. The van der Waals surface area contributed by atoms with Crippen molar-refractivity contribution < 1.29 is 24.5 Å². The minimum absolute atomic E-state index is 0.0397. The van der Waals surface area contributed by atoms with Crippen LogP contribution >= 0.6 is 0 Å². The SMILES string of the molecule is Cc1cc(/C(O)=C2\C(=O)C(=O)N(CCCN(C)C)[C@@H]2c2ccc(O)cc2)ccc1OCc1ccccc1. The predicted octanol–water partition coefficient (Wildman–Crippen LogP) is 4.65. The van der Waals surface area contributed by atoms with Crippen LogP contribution in [0.4, 0.5) is 0 Å². The molecule has 3 aromatic rings. The minimum Gasteiger partial charge on any atom is -0.508 e. The van der Waals surface area contributed by atoms with Crippen LogP contribution in [0.1, 0.15) is 34.7 Å². The van der Waals surface area contributed by atoms with Crippen molar-refractivity contribution in [3.63, 3.8) is 0 Å². The van der Waals surface area contributed by atoms with Gasteiger partial charge in [0.25, 0.3) is 11.7 Å². The van der Waals surface area contributed by atoms with E-state index in [1.54, 1.807) is 30.3 Å². The van der Waals surface area contributed by atoms with Crippen LogP contribution in [-0.2, 0) is 16.2 Å². The fourth-order valence-corrected chi connectivity index (χ4v) is 4.52. The lowest BCUT2D eigenvalue weighted by Gasteiger charge is -2.26. The number of Topliss-reactive ketones (excluding diaryl/α,β-unsaturated/α-hetero) is 1. The number of likely N-dealkylation sites (tertiary alicyclic amines) is 1. The van der Waals surface area contributed by atoms with Crippen LogP contribution in [0.5, 0.6) is 11.5 Å². The van der Waals surface area contributed by atoms with Crippen LogP contribution in [0.25, 0.3) is 5.76 Å². The summed E-state index contributed by atoms with van der Waals surface area (Å²) in [6.07, 6.45) is 0.668. The molecule has 1 aliphatic rings. The van der Waals surface area contributed by atoms with Gasteiger partial charge in [-0.25, -0.2) is 0 Å². The first kappa shape index (κ1) is 26.0. The van der Waals surface area contributed by atoms with Crippen LogP contribution in [0.3, 0.4) is 0 Å². The summed E-state index contributed by atoms with van der Waals surface area (Å²) in [6, 6.07) is 20.6. The van der Waals surface area contributed by atoms with Gasteiger partial charge in [0.1, 0.15) is 23.9 Å². The number of carbonyl (C=O) groups is 2. The second-order valence-corrected chi connectivity index (χ2v) is 9.50. The highest BCUT2D eigenvalue weighted by molar-refractivity contribution is 6.46. The Morgan fingerprint density at radius 3 is 2.35 bits per heavy atom. The van der Waals surface area contributed by atoms with Crippen molar-refractivity contribution in [3.05, 3.63) is 101 Å². The summed E-state index contributed by atoms with van der Waals surface area (Å²) in [5, 5.41) is 21.1. The zero-order valence-electron chi connectivity index (χ0n) is 21.3. The van der Waals surface area contributed by atoms with Gasteiger partial charge in [-0.05, 0) is 81.0 Å². The number of aryl methyl sites for hydroxylation is 1. The fraction of sp³-hybridized carbons (Fsp3) is 0.267. The average Bonchev–Trinajstić information content (AvgIpc) is 3.13. The van der Waals surface area contributed by atoms with E-state index in [0.717, 1.165) is 17.7 Å². The van der Waals surface area contributed by atoms with Gasteiger partial charge in [-0.15, -0.1) is 0 Å². The molecule has 0 radical (unpaired) electrons. The lowest BCUT2D eigenvalue weighted by Crippen LogP contribution is -2.32. The number of aromatic hydroxyl groups is 1. The van der Waals surface area contributed by atoms with Crippen molar-refractivity contribution in [1.82, 2.24) is 9.80 Å². The summed E-state index contributed by atoms with van der Waals surface area (Å²) in [6.45, 7) is 3.38. The first-order valence-electron chi connectivity index (χ1n) is 12.3. The Morgan fingerprint density at radius 2 is 1.70 bits per heavy atom. The summed E-state index contributed by atoms with van der Waals surface area (Å²) in [5.41, 5.74) is 2.94. The number of nitrogens with zero attached hydrogens (tertiary/aromatic N) is 2. The van der Waals surface area contributed by atoms with Gasteiger partial charge in [0.2, 0.25) is 0 Å². The molecular formula is C30H32N2O5. The van der Waals surface area contributed by atoms with Gasteiger partial charge in [0.15, 0.2) is 0 Å². The van der Waals surface area contributed by atoms with E-state index >= 15 is 0 Å². The number of aliphatic hydroxyl groups is 1. The standard InChI is InChI=1S/C30H32N2O5/c1-20-18-23(12-15-25(20)37-19-21-8-5-4-6-9-21)28(34)26-27(22-10-13-24(33)14-11-22)32(30(36)29(26)35)17-7-16-31(2)3/h4-6,8-15,18,27,33-34H,7,16-17,19H2,1-3H3/b28-26+/t27-/m1/s1. The number of amides is 1. The van der Waals surface area contributed by atoms with Gasteiger partial charge >= 0.3 is 0 Å². The van der Waals surface area contributed by atoms with Gasteiger partial charge in [-0.1, -0.05) is 42.5 Å². The molecule has 0 bridgehead atoms. The highest BCUT2D eigenvalue weighted by Crippen LogP contribution is 2.40. The van der Waals surface area contributed by atoms with Crippen LogP contribution < -0.4 is 4.74 Å². The molecule has 7 nitrogen and oxygen atoms in total. The van der Waals surface area contributed by atoms with Crippen molar-refractivity contribution in [3.8, 4) is 11.5 Å². The molecule has 0 spiro atoms. The molecule has 1 amide bonds. The Labute approximate surface area is 217 Å². The van der Waals surface area contributed by atoms with Gasteiger partial charge < -0.3 is 24.7 Å². The highest BCUT2D eigenvalue weighted by Gasteiger charge is 2.45. The van der Waals surface area contributed by atoms with Crippen LogP contribution in [0.15, 0.2) is 78.4 Å². The molecule has 37 heavy (non-hydrogen) atoms. The maximum absolute atomic E-state index is 13.2. The molecule has 3 aromatic carbocycles. The third kappa shape index (κ3) is 5.84. The second kappa shape index (κ2) is 11.3. The van der Waals surface area contributed by atoms with Crippen LogP contribution in [0, 0.1) is 6.92 Å². The van der Waals surface area contributed by atoms with E-state index < -0.39 is 17.7 Å². The molecule has 0 unspecified atom stereocenters. The Balaban J connectivity index is 1.67. The third-order valence-corrected chi connectivity index (χ3v) is 6.44. The molecule has 2 N–H and O–H groups in total. The van der Waals surface area contributed by atoms with Gasteiger partial charge in [0.05, 0.1) is 11.6 Å². The maximum atomic E-state index is 13.2. The third-order valence-electron chi connectivity index (χ3n) is 6.44. The molecule has 4 rings (SSSR count). The number of hydrogen-bond donors (Lipinski definition) is 2. The Morgan fingerprint density at radius 1 is 1.00 bits per heavy atom. The summed E-state index contributed by atoms with van der Waals surface area (Å²) in [7, 11) is 3.89. The number of rotatable bonds is 9. The maximum Gasteiger partial charge on any atom is 0.295 e. The predicted molar refractivity (Wildman–Crippen MR) is 142 cm³/mol. The van der Waals surface area contributed by atoms with E-state index in [9.17, 15) is 19.8 Å². The normalized spacial score (nSPS) is 17.0. The van der Waals surface area contributed by atoms with Crippen molar-refractivity contribution >= 4 is 17.4 Å². The van der Waals surface area contributed by atoms with E-state index in [0.29, 0.717) is 36.4 Å². The van der Waals surface area contributed by atoms with E-state index in [4.69, 9.17) is 4.74 Å². The van der Waals surface area contributed by atoms with E-state index in [1.165, 1.54) is 17.0 Å². The number of carbonyl (C=O) groups excluding carboxylic acids is 2. The number of phenolic OH excluding ortho intramolecular Hbond substituents is 1. The number of ketones is 1. The highest BCUT2D eigenvalue weighted by atomic mass is 16.5. The molecule has 1 fully saturated rings. The molecular weight excluding hydrogens is 468 g/mol. The molecule has 7 heteroatoms. The number of ether oxygens (including phenoxy) is 1. The van der Waals surface area contributed by atoms with Crippen LogP contribution in [0.2, 0.25) is 0 Å². The molecule has 0 saturated carbocycles. The molecule has 192 valence electrons. The van der Waals surface area contributed by atoms with Gasteiger partial charge in [-0.2, -0.15) is 0 Å². The number of aliphatic hydroxyl groups excluding tert-OH is 1. The lowest BCUT2D eigenvalue weighted by molar-refractivity contribution is -0.139. The number of phenols is 1. The zero-order chi connectivity index (χ0) is 26.5. The lowest BCUT2D eigenvalue weighted by atomic mass is 9.94. The largest absolute Gasteiger partial charge is 0.508 e. The summed E-state index contributed by atoms with van der Waals surface area (Å²) >= 11 is 0.